The second-order valence-corrected chi connectivity index (χ2v) is 9.34. The van der Waals surface area contributed by atoms with E-state index >= 15 is 0 Å². The van der Waals surface area contributed by atoms with Crippen molar-refractivity contribution in [3.05, 3.63) is 48.5 Å². The molecule has 12 nitrogen and oxygen atoms in total. The summed E-state index contributed by atoms with van der Waals surface area (Å²) >= 11 is 0. The summed E-state index contributed by atoms with van der Waals surface area (Å²) < 4.78 is 64.9. The van der Waals surface area contributed by atoms with Gasteiger partial charge >= 0.3 is 0 Å². The number of hydrogen-bond acceptors (Lipinski definition) is 12. The van der Waals surface area contributed by atoms with Gasteiger partial charge in [-0.3, -0.25) is 9.13 Å². The third-order valence-corrected chi connectivity index (χ3v) is 6.05. The van der Waals surface area contributed by atoms with Crippen LogP contribution in [0, 0.1) is 0 Å². The molecule has 2 aromatic rings. The fourth-order valence-electron chi connectivity index (χ4n) is 2.65. The van der Waals surface area contributed by atoms with Gasteiger partial charge in [-0.15, -0.1) is 0 Å². The summed E-state index contributed by atoms with van der Waals surface area (Å²) in [5.74, 6) is 1.22. The zero-order valence-corrected chi connectivity index (χ0v) is 19.9. The highest BCUT2D eigenvalue weighted by molar-refractivity contribution is 7.46. The Hall–Kier alpha value is -2.14. The summed E-state index contributed by atoms with van der Waals surface area (Å²) in [6.45, 7) is -1.65. The molecule has 1 heterocycles. The Kier molecular flexibility index (Phi) is 10.2. The van der Waals surface area contributed by atoms with Crippen molar-refractivity contribution in [3.8, 4) is 23.0 Å². The van der Waals surface area contributed by atoms with Crippen LogP contribution >= 0.6 is 15.6 Å². The summed E-state index contributed by atoms with van der Waals surface area (Å²) in [5.41, 5.74) is 0. The van der Waals surface area contributed by atoms with Gasteiger partial charge in [-0.1, -0.05) is 24.3 Å². The predicted octanol–water partition coefficient (Wildman–Crippen LogP) is 1.92. The molecule has 0 spiro atoms. The van der Waals surface area contributed by atoms with Gasteiger partial charge in [-0.2, -0.15) is 0 Å². The Morgan fingerprint density at radius 3 is 0.941 bits per heavy atom. The maximum atomic E-state index is 11.9. The van der Waals surface area contributed by atoms with E-state index in [0.29, 0.717) is 23.0 Å². The van der Waals surface area contributed by atoms with Crippen molar-refractivity contribution in [1.29, 1.82) is 0 Å². The fraction of sp³-hybridized carbons (Fsp3) is 0.400. The first kappa shape index (κ1) is 26.5. The van der Waals surface area contributed by atoms with Gasteiger partial charge in [0.1, 0.15) is 26.4 Å². The molecule has 0 fully saturated rings. The summed E-state index contributed by atoms with van der Waals surface area (Å²) in [6, 6.07) is 13.1. The van der Waals surface area contributed by atoms with Crippen LogP contribution < -0.4 is 28.7 Å². The van der Waals surface area contributed by atoms with Gasteiger partial charge in [0.2, 0.25) is 0 Å². The average Bonchev–Trinajstić information content (AvgIpc) is 2.81. The average molecular weight is 518 g/mol. The fourth-order valence-corrected chi connectivity index (χ4v) is 4.00. The zero-order valence-electron chi connectivity index (χ0n) is 18.1. The second-order valence-electron chi connectivity index (χ2n) is 6.51. The van der Waals surface area contributed by atoms with Crippen molar-refractivity contribution in [2.24, 2.45) is 0 Å². The molecule has 0 radical (unpaired) electrons. The largest absolute Gasteiger partial charge is 0.756 e. The highest BCUT2D eigenvalue weighted by Crippen LogP contribution is 2.39. The Bertz CT molecular complexity index is 852. The van der Waals surface area contributed by atoms with E-state index < -0.39 is 15.6 Å². The van der Waals surface area contributed by atoms with E-state index in [1.54, 1.807) is 48.5 Å². The van der Waals surface area contributed by atoms with Gasteiger partial charge in [-0.25, -0.2) is 0 Å². The number of phosphoric ester groups is 2. The van der Waals surface area contributed by atoms with E-state index in [-0.39, 0.29) is 52.9 Å². The zero-order chi connectivity index (χ0) is 24.3. The highest BCUT2D eigenvalue weighted by Gasteiger charge is 2.13. The Morgan fingerprint density at radius 2 is 0.706 bits per heavy atom. The van der Waals surface area contributed by atoms with Crippen LogP contribution in [0.1, 0.15) is 0 Å². The van der Waals surface area contributed by atoms with Crippen LogP contribution in [0.5, 0.6) is 23.0 Å². The lowest BCUT2D eigenvalue weighted by molar-refractivity contribution is -0.227. The third-order valence-electron chi connectivity index (χ3n) is 4.06. The minimum absolute atomic E-state index is 0.114. The monoisotopic (exact) mass is 518 g/mol. The van der Waals surface area contributed by atoms with Crippen LogP contribution in [0.25, 0.3) is 0 Å². The minimum atomic E-state index is -4.56. The molecule has 0 amide bonds. The van der Waals surface area contributed by atoms with Crippen LogP contribution in [0.15, 0.2) is 48.5 Å². The Morgan fingerprint density at radius 1 is 0.471 bits per heavy atom. The molecule has 34 heavy (non-hydrogen) atoms. The Balaban J connectivity index is 1.63. The molecule has 0 unspecified atom stereocenters. The van der Waals surface area contributed by atoms with Crippen LogP contribution in [0.4, 0.5) is 0 Å². The van der Waals surface area contributed by atoms with Gasteiger partial charge in [-0.05, 0) is 24.3 Å². The smallest absolute Gasteiger partial charge is 0.268 e. The molecule has 0 saturated carbocycles. The number of hydrogen-bond donors (Lipinski definition) is 0. The number of para-hydroxylation sites is 4. The number of rotatable bonds is 0. The number of ether oxygens (including phenoxy) is 4. The highest BCUT2D eigenvalue weighted by atomic mass is 31.2. The molecule has 2 aromatic carbocycles. The van der Waals surface area contributed by atoms with Crippen molar-refractivity contribution in [1.82, 2.24) is 0 Å². The summed E-state index contributed by atoms with van der Waals surface area (Å²) in [5, 5.41) is 0. The second kappa shape index (κ2) is 13.1. The summed E-state index contributed by atoms with van der Waals surface area (Å²) in [7, 11) is -9.13. The molecule has 14 heteroatoms. The number of fused-ring (bicyclic) bond motifs is 2. The van der Waals surface area contributed by atoms with E-state index in [2.05, 4.69) is 0 Å². The maximum Gasteiger partial charge on any atom is 0.268 e. The SMILES string of the molecule is O=P1([O-])OCCOc2ccccc2OCCOP(=O)([O-])OCCOc2ccccc2OCCO1. The van der Waals surface area contributed by atoms with Crippen molar-refractivity contribution in [2.45, 2.75) is 0 Å². The molecule has 0 bridgehead atoms. The molecule has 188 valence electrons. The van der Waals surface area contributed by atoms with Gasteiger partial charge in [0.05, 0.1) is 26.4 Å². The molecular formula is C20H24O12P2-2. The molecular weight excluding hydrogens is 494 g/mol. The standard InChI is InChI=1S/C20H26O12P2/c21-33(22)29-13-9-25-17-5-1-2-6-18(17)26-10-14-30-34(23,24)32-16-12-28-20-8-4-3-7-19(20)27-11-15-31-33/h1-8H,9-16H2,(H,21,22)(H,23,24)/p-2. The molecule has 3 rings (SSSR count). The van der Waals surface area contributed by atoms with Gasteiger partial charge in [0, 0.05) is 0 Å². The quantitative estimate of drug-likeness (QED) is 0.468. The first-order valence-corrected chi connectivity index (χ1v) is 13.2. The van der Waals surface area contributed by atoms with Crippen LogP contribution in [-0.2, 0) is 27.2 Å². The molecule has 0 atom stereocenters. The lowest BCUT2D eigenvalue weighted by Gasteiger charge is -2.24. The lowest BCUT2D eigenvalue weighted by atomic mass is 10.3. The van der Waals surface area contributed by atoms with Crippen molar-refractivity contribution >= 4 is 15.6 Å². The van der Waals surface area contributed by atoms with Crippen molar-refractivity contribution in [2.75, 3.05) is 52.9 Å². The molecule has 0 saturated heterocycles. The topological polar surface area (TPSA) is 154 Å². The maximum absolute atomic E-state index is 11.9. The molecule has 1 aliphatic heterocycles. The van der Waals surface area contributed by atoms with E-state index in [1.165, 1.54) is 0 Å². The molecule has 0 aromatic heterocycles. The van der Waals surface area contributed by atoms with Crippen LogP contribution in [0.3, 0.4) is 0 Å². The van der Waals surface area contributed by atoms with E-state index in [9.17, 15) is 18.9 Å². The van der Waals surface area contributed by atoms with Gasteiger partial charge < -0.3 is 46.8 Å². The third kappa shape index (κ3) is 9.25. The summed E-state index contributed by atoms with van der Waals surface area (Å²) in [6.07, 6.45) is 0. The molecule has 1 aliphatic rings. The first-order chi connectivity index (χ1) is 16.3. The minimum Gasteiger partial charge on any atom is -0.756 e. The molecule has 0 aliphatic carbocycles. The van der Waals surface area contributed by atoms with Crippen LogP contribution in [0.2, 0.25) is 0 Å². The Labute approximate surface area is 196 Å². The number of phosphoric acid groups is 2. The van der Waals surface area contributed by atoms with Gasteiger partial charge in [0.15, 0.2) is 23.0 Å². The van der Waals surface area contributed by atoms with E-state index in [1.807, 2.05) is 0 Å². The van der Waals surface area contributed by atoms with E-state index in [0.717, 1.165) is 0 Å². The van der Waals surface area contributed by atoms with Crippen molar-refractivity contribution < 1.29 is 56.0 Å². The van der Waals surface area contributed by atoms with Crippen molar-refractivity contribution in [3.63, 3.8) is 0 Å². The number of benzene rings is 2. The predicted molar refractivity (Wildman–Crippen MR) is 114 cm³/mol. The first-order valence-electron chi connectivity index (χ1n) is 10.2. The van der Waals surface area contributed by atoms with E-state index in [4.69, 9.17) is 37.0 Å². The van der Waals surface area contributed by atoms with Crippen LogP contribution in [-0.4, -0.2) is 52.9 Å². The lowest BCUT2D eigenvalue weighted by Crippen LogP contribution is -2.17. The molecule has 0 N–H and O–H groups in total. The summed E-state index contributed by atoms with van der Waals surface area (Å²) in [4.78, 5) is 23.8. The van der Waals surface area contributed by atoms with Gasteiger partial charge in [0.25, 0.3) is 15.6 Å². The normalized spacial score (nSPS) is 25.9.